The molecule has 0 radical (unpaired) electrons. The first kappa shape index (κ1) is 13.7. The Balaban J connectivity index is 1.81. The summed E-state index contributed by atoms with van der Waals surface area (Å²) < 4.78 is 1.07. The third-order valence-corrected chi connectivity index (χ3v) is 3.79. The second kappa shape index (κ2) is 6.01. The van der Waals surface area contributed by atoms with Crippen LogP contribution < -0.4 is 0 Å². The second-order valence-electron chi connectivity index (χ2n) is 4.65. The van der Waals surface area contributed by atoms with Crippen molar-refractivity contribution < 1.29 is 4.79 Å². The molecular weight excluding hydrogens is 330 g/mol. The molecule has 0 aliphatic heterocycles. The van der Waals surface area contributed by atoms with Crippen LogP contribution in [0.3, 0.4) is 0 Å². The number of aromatic nitrogens is 3. The Morgan fingerprint density at radius 1 is 0.952 bits per heavy atom. The molecule has 3 rings (SSSR count). The fraction of sp³-hybridized carbons (Fsp3) is 0.0625. The van der Waals surface area contributed by atoms with Crippen LogP contribution in [-0.4, -0.2) is 21.7 Å². The van der Waals surface area contributed by atoms with Crippen molar-refractivity contribution in [2.45, 2.75) is 6.42 Å². The van der Waals surface area contributed by atoms with Crippen LogP contribution in [0, 0.1) is 0 Å². The molecule has 1 N–H and O–H groups in total. The number of halogens is 1. The van der Waals surface area contributed by atoms with Gasteiger partial charge in [-0.25, -0.2) is 0 Å². The Bertz CT molecular complexity index is 748. The fourth-order valence-electron chi connectivity index (χ4n) is 2.14. The second-order valence-corrected chi connectivity index (χ2v) is 5.57. The van der Waals surface area contributed by atoms with Gasteiger partial charge < -0.3 is 0 Å². The number of H-pyrrole nitrogens is 1. The van der Waals surface area contributed by atoms with Crippen LogP contribution in [0.4, 0.5) is 0 Å². The summed E-state index contributed by atoms with van der Waals surface area (Å²) in [5.41, 5.74) is 4.45. The molecule has 104 valence electrons. The Morgan fingerprint density at radius 3 is 2.19 bits per heavy atom. The van der Waals surface area contributed by atoms with Gasteiger partial charge in [0.2, 0.25) is 0 Å². The molecular formula is C16H12BrN3O. The normalized spacial score (nSPS) is 10.5. The standard InChI is InChI=1S/C16H12BrN3O/c17-14-7-5-13(6-8-14)12-3-1-11(2-4-12)9-15-16(10-21)19-20-18-15/h1-8,10H,9H2,(H,18,19,20). The van der Waals surface area contributed by atoms with Crippen LogP contribution in [0.1, 0.15) is 21.7 Å². The molecule has 0 saturated heterocycles. The molecule has 4 nitrogen and oxygen atoms in total. The number of benzene rings is 2. The van der Waals surface area contributed by atoms with Crippen molar-refractivity contribution in [3.8, 4) is 11.1 Å². The molecule has 3 aromatic rings. The van der Waals surface area contributed by atoms with E-state index in [1.165, 1.54) is 5.56 Å². The molecule has 1 aromatic heterocycles. The molecule has 21 heavy (non-hydrogen) atoms. The van der Waals surface area contributed by atoms with Crippen molar-refractivity contribution in [2.75, 3.05) is 0 Å². The van der Waals surface area contributed by atoms with Gasteiger partial charge in [0.15, 0.2) is 6.29 Å². The van der Waals surface area contributed by atoms with E-state index in [-0.39, 0.29) is 0 Å². The summed E-state index contributed by atoms with van der Waals surface area (Å²) in [6, 6.07) is 16.4. The predicted octanol–water partition coefficient (Wildman–Crippen LogP) is 3.64. The predicted molar refractivity (Wildman–Crippen MR) is 84.2 cm³/mol. The van der Waals surface area contributed by atoms with Gasteiger partial charge in [-0.15, -0.1) is 0 Å². The Kier molecular flexibility index (Phi) is 3.92. The molecule has 0 spiro atoms. The third-order valence-electron chi connectivity index (χ3n) is 3.27. The van der Waals surface area contributed by atoms with Crippen molar-refractivity contribution in [3.63, 3.8) is 0 Å². The van der Waals surface area contributed by atoms with Crippen molar-refractivity contribution in [3.05, 3.63) is 70.0 Å². The van der Waals surface area contributed by atoms with Crippen LogP contribution in [-0.2, 0) is 6.42 Å². The number of nitrogens with one attached hydrogen (secondary N) is 1. The van der Waals surface area contributed by atoms with Crippen LogP contribution in [0.5, 0.6) is 0 Å². The maximum absolute atomic E-state index is 10.8. The summed E-state index contributed by atoms with van der Waals surface area (Å²) in [6.07, 6.45) is 1.31. The molecule has 0 amide bonds. The molecule has 2 aromatic carbocycles. The summed E-state index contributed by atoms with van der Waals surface area (Å²) in [7, 11) is 0. The minimum Gasteiger partial charge on any atom is -0.296 e. The Labute approximate surface area is 130 Å². The molecule has 0 saturated carbocycles. The van der Waals surface area contributed by atoms with Gasteiger partial charge in [0.25, 0.3) is 0 Å². The van der Waals surface area contributed by atoms with Crippen LogP contribution in [0.2, 0.25) is 0 Å². The number of hydrogen-bond acceptors (Lipinski definition) is 3. The molecule has 1 heterocycles. The van der Waals surface area contributed by atoms with E-state index < -0.39 is 0 Å². The van der Waals surface area contributed by atoms with E-state index in [4.69, 9.17) is 0 Å². The number of nitrogens with zero attached hydrogens (tertiary/aromatic N) is 2. The molecule has 0 atom stereocenters. The summed E-state index contributed by atoms with van der Waals surface area (Å²) in [4.78, 5) is 10.8. The minimum atomic E-state index is 0.368. The highest BCUT2D eigenvalue weighted by Gasteiger charge is 2.07. The summed E-state index contributed by atoms with van der Waals surface area (Å²) in [6.45, 7) is 0. The van der Waals surface area contributed by atoms with Crippen LogP contribution in [0.15, 0.2) is 53.0 Å². The summed E-state index contributed by atoms with van der Waals surface area (Å²) in [5.74, 6) is 0. The fourth-order valence-corrected chi connectivity index (χ4v) is 2.40. The average Bonchev–Trinajstić information content (AvgIpc) is 2.96. The van der Waals surface area contributed by atoms with Crippen LogP contribution in [0.25, 0.3) is 11.1 Å². The maximum Gasteiger partial charge on any atom is 0.172 e. The van der Waals surface area contributed by atoms with Gasteiger partial charge in [0.05, 0.1) is 5.69 Å². The monoisotopic (exact) mass is 341 g/mol. The lowest BCUT2D eigenvalue weighted by Gasteiger charge is -2.04. The number of aldehydes is 1. The SMILES string of the molecule is O=Cc1n[nH]nc1Cc1ccc(-c2ccc(Br)cc2)cc1. The highest BCUT2D eigenvalue weighted by atomic mass is 79.9. The quantitative estimate of drug-likeness (QED) is 0.737. The summed E-state index contributed by atoms with van der Waals surface area (Å²) in [5, 5.41) is 10.3. The van der Waals surface area contributed by atoms with Gasteiger partial charge in [0.1, 0.15) is 5.69 Å². The third kappa shape index (κ3) is 3.08. The van der Waals surface area contributed by atoms with Crippen molar-refractivity contribution in [1.82, 2.24) is 15.4 Å². The van der Waals surface area contributed by atoms with E-state index in [0.717, 1.165) is 21.9 Å². The number of aromatic amines is 1. The van der Waals surface area contributed by atoms with E-state index in [2.05, 4.69) is 55.6 Å². The first-order chi connectivity index (χ1) is 10.3. The van der Waals surface area contributed by atoms with Crippen molar-refractivity contribution >= 4 is 22.2 Å². The Hall–Kier alpha value is -2.27. The lowest BCUT2D eigenvalue weighted by Crippen LogP contribution is -1.93. The molecule has 0 aliphatic carbocycles. The number of rotatable bonds is 4. The first-order valence-corrected chi connectivity index (χ1v) is 7.25. The number of carbonyl (C=O) groups is 1. The lowest BCUT2D eigenvalue weighted by molar-refractivity contribution is 0.111. The highest BCUT2D eigenvalue weighted by Crippen LogP contribution is 2.22. The van der Waals surface area contributed by atoms with Gasteiger partial charge in [-0.2, -0.15) is 15.4 Å². The van der Waals surface area contributed by atoms with Crippen molar-refractivity contribution in [2.24, 2.45) is 0 Å². The molecule has 0 fully saturated rings. The van der Waals surface area contributed by atoms with E-state index in [9.17, 15) is 4.79 Å². The first-order valence-electron chi connectivity index (χ1n) is 6.46. The van der Waals surface area contributed by atoms with Gasteiger partial charge in [-0.3, -0.25) is 4.79 Å². The lowest BCUT2D eigenvalue weighted by atomic mass is 10.0. The topological polar surface area (TPSA) is 58.6 Å². The smallest absolute Gasteiger partial charge is 0.172 e. The van der Waals surface area contributed by atoms with E-state index in [0.29, 0.717) is 17.8 Å². The summed E-state index contributed by atoms with van der Waals surface area (Å²) >= 11 is 3.43. The zero-order chi connectivity index (χ0) is 14.7. The maximum atomic E-state index is 10.8. The van der Waals surface area contributed by atoms with E-state index in [1.54, 1.807) is 0 Å². The minimum absolute atomic E-state index is 0.368. The zero-order valence-electron chi connectivity index (χ0n) is 11.1. The van der Waals surface area contributed by atoms with Crippen LogP contribution >= 0.6 is 15.9 Å². The average molecular weight is 342 g/mol. The molecule has 5 heteroatoms. The van der Waals surface area contributed by atoms with E-state index >= 15 is 0 Å². The van der Waals surface area contributed by atoms with Gasteiger partial charge in [-0.05, 0) is 28.8 Å². The largest absolute Gasteiger partial charge is 0.296 e. The van der Waals surface area contributed by atoms with E-state index in [1.807, 2.05) is 24.3 Å². The number of carbonyl (C=O) groups excluding carboxylic acids is 1. The number of hydrogen-bond donors (Lipinski definition) is 1. The Morgan fingerprint density at radius 2 is 1.57 bits per heavy atom. The molecule has 0 aliphatic rings. The van der Waals surface area contributed by atoms with Crippen molar-refractivity contribution in [1.29, 1.82) is 0 Å². The van der Waals surface area contributed by atoms with Gasteiger partial charge >= 0.3 is 0 Å². The van der Waals surface area contributed by atoms with Gasteiger partial charge in [0, 0.05) is 10.9 Å². The molecule has 0 bridgehead atoms. The molecule has 0 unspecified atom stereocenters. The highest BCUT2D eigenvalue weighted by molar-refractivity contribution is 9.10. The zero-order valence-corrected chi connectivity index (χ0v) is 12.7. The van der Waals surface area contributed by atoms with Gasteiger partial charge in [-0.1, -0.05) is 52.3 Å².